The second-order valence-corrected chi connectivity index (χ2v) is 5.96. The molecule has 2 aliphatic heterocycles. The third-order valence-electron chi connectivity index (χ3n) is 4.40. The molecule has 5 N–H and O–H groups in total. The predicted octanol–water partition coefficient (Wildman–Crippen LogP) is -1.54. The summed E-state index contributed by atoms with van der Waals surface area (Å²) in [6.07, 6.45) is -7.26. The predicted molar refractivity (Wildman–Crippen MR) is 76.0 cm³/mol. The van der Waals surface area contributed by atoms with Gasteiger partial charge in [0.25, 0.3) is 0 Å². The molecule has 8 nitrogen and oxygen atoms in total. The van der Waals surface area contributed by atoms with Crippen LogP contribution in [0.3, 0.4) is 0 Å². The normalized spacial score (nSPS) is 42.6. The summed E-state index contributed by atoms with van der Waals surface area (Å²) in [7, 11) is 0. The number of pyridine rings is 1. The van der Waals surface area contributed by atoms with Gasteiger partial charge in [-0.15, -0.1) is 0 Å². The SMILES string of the molecule is O[C@@H]1[C@H](O)[C@@H]2O[C@@H]([C@@H](O)c3ccccn3)CC[C@@H](O)[C@H]2O[C@H]1O. The van der Waals surface area contributed by atoms with Crippen molar-refractivity contribution in [3.05, 3.63) is 30.1 Å². The monoisotopic (exact) mass is 327 g/mol. The molecule has 0 bridgehead atoms. The molecule has 0 unspecified atom stereocenters. The van der Waals surface area contributed by atoms with E-state index < -0.39 is 49.0 Å². The van der Waals surface area contributed by atoms with E-state index in [4.69, 9.17) is 9.47 Å². The molecule has 2 saturated heterocycles. The smallest absolute Gasteiger partial charge is 0.184 e. The molecule has 128 valence electrons. The molecule has 0 radical (unpaired) electrons. The van der Waals surface area contributed by atoms with E-state index in [0.29, 0.717) is 12.1 Å². The second-order valence-electron chi connectivity index (χ2n) is 5.96. The van der Waals surface area contributed by atoms with Gasteiger partial charge >= 0.3 is 0 Å². The van der Waals surface area contributed by atoms with E-state index in [1.54, 1.807) is 24.4 Å². The number of aliphatic hydroxyl groups is 5. The van der Waals surface area contributed by atoms with E-state index in [1.807, 2.05) is 0 Å². The summed E-state index contributed by atoms with van der Waals surface area (Å²) >= 11 is 0. The number of nitrogens with zero attached hydrogens (tertiary/aromatic N) is 1. The zero-order valence-corrected chi connectivity index (χ0v) is 12.3. The summed E-state index contributed by atoms with van der Waals surface area (Å²) < 4.78 is 10.9. The molecular formula is C15H21NO7. The number of ether oxygens (including phenoxy) is 2. The number of aliphatic hydroxyl groups excluding tert-OH is 5. The highest BCUT2D eigenvalue weighted by Gasteiger charge is 2.50. The Hall–Kier alpha value is -1.13. The van der Waals surface area contributed by atoms with Gasteiger partial charge in [-0.3, -0.25) is 4.98 Å². The maximum Gasteiger partial charge on any atom is 0.184 e. The van der Waals surface area contributed by atoms with Gasteiger partial charge in [0, 0.05) is 6.20 Å². The second kappa shape index (κ2) is 6.78. The van der Waals surface area contributed by atoms with Crippen molar-refractivity contribution in [2.24, 2.45) is 0 Å². The lowest BCUT2D eigenvalue weighted by atomic mass is 9.94. The van der Waals surface area contributed by atoms with E-state index >= 15 is 0 Å². The first-order valence-corrected chi connectivity index (χ1v) is 7.61. The summed E-state index contributed by atoms with van der Waals surface area (Å²) in [5.74, 6) is 0. The molecule has 0 aliphatic carbocycles. The Morgan fingerprint density at radius 3 is 2.48 bits per heavy atom. The van der Waals surface area contributed by atoms with Gasteiger partial charge in [-0.25, -0.2) is 0 Å². The highest BCUT2D eigenvalue weighted by molar-refractivity contribution is 5.09. The first-order valence-electron chi connectivity index (χ1n) is 7.61. The van der Waals surface area contributed by atoms with Crippen molar-refractivity contribution in [2.75, 3.05) is 0 Å². The topological polar surface area (TPSA) is 132 Å². The maximum atomic E-state index is 10.4. The lowest BCUT2D eigenvalue weighted by molar-refractivity contribution is -0.306. The van der Waals surface area contributed by atoms with Crippen molar-refractivity contribution in [3.63, 3.8) is 0 Å². The van der Waals surface area contributed by atoms with Crippen LogP contribution in [0.25, 0.3) is 0 Å². The van der Waals surface area contributed by atoms with Crippen LogP contribution in [0, 0.1) is 0 Å². The third-order valence-corrected chi connectivity index (χ3v) is 4.40. The van der Waals surface area contributed by atoms with Gasteiger partial charge in [0.15, 0.2) is 6.29 Å². The molecule has 0 saturated carbocycles. The zero-order chi connectivity index (χ0) is 16.6. The van der Waals surface area contributed by atoms with Gasteiger partial charge in [-0.1, -0.05) is 6.07 Å². The van der Waals surface area contributed by atoms with Crippen LogP contribution < -0.4 is 0 Å². The van der Waals surface area contributed by atoms with E-state index in [2.05, 4.69) is 4.98 Å². The minimum atomic E-state index is -1.60. The molecule has 0 aromatic carbocycles. The van der Waals surface area contributed by atoms with Crippen LogP contribution in [0.4, 0.5) is 0 Å². The Morgan fingerprint density at radius 1 is 1.00 bits per heavy atom. The molecule has 2 aliphatic rings. The van der Waals surface area contributed by atoms with Gasteiger partial charge in [0.05, 0.1) is 17.9 Å². The Bertz CT molecular complexity index is 516. The lowest BCUT2D eigenvalue weighted by Crippen LogP contribution is -2.61. The Balaban J connectivity index is 1.81. The van der Waals surface area contributed by atoms with Crippen molar-refractivity contribution >= 4 is 0 Å². The number of hydrogen-bond acceptors (Lipinski definition) is 8. The van der Waals surface area contributed by atoms with E-state index in [1.165, 1.54) is 0 Å². The number of rotatable bonds is 2. The molecule has 2 fully saturated rings. The molecule has 8 atom stereocenters. The Kier molecular flexibility index (Phi) is 4.93. The minimum Gasteiger partial charge on any atom is -0.390 e. The van der Waals surface area contributed by atoms with Gasteiger partial charge in [-0.2, -0.15) is 0 Å². The molecule has 0 spiro atoms. The fourth-order valence-electron chi connectivity index (χ4n) is 3.09. The largest absolute Gasteiger partial charge is 0.390 e. The summed E-state index contributed by atoms with van der Waals surface area (Å²) in [5.41, 5.74) is 0.414. The minimum absolute atomic E-state index is 0.255. The molecule has 0 amide bonds. The van der Waals surface area contributed by atoms with Crippen molar-refractivity contribution in [2.45, 2.75) is 61.9 Å². The first-order chi connectivity index (χ1) is 11.0. The van der Waals surface area contributed by atoms with Crippen molar-refractivity contribution < 1.29 is 35.0 Å². The zero-order valence-electron chi connectivity index (χ0n) is 12.3. The first kappa shape index (κ1) is 16.7. The average molecular weight is 327 g/mol. The summed E-state index contributed by atoms with van der Waals surface area (Å²) in [6, 6.07) is 5.11. The summed E-state index contributed by atoms with van der Waals surface area (Å²) in [4.78, 5) is 4.08. The number of aromatic nitrogens is 1. The third kappa shape index (κ3) is 3.24. The van der Waals surface area contributed by atoms with Gasteiger partial charge in [0.1, 0.15) is 30.5 Å². The maximum absolute atomic E-state index is 10.4. The van der Waals surface area contributed by atoms with Crippen LogP contribution >= 0.6 is 0 Å². The van der Waals surface area contributed by atoms with Gasteiger partial charge in [-0.05, 0) is 25.0 Å². The van der Waals surface area contributed by atoms with Crippen LogP contribution in [-0.4, -0.2) is 73.4 Å². The van der Waals surface area contributed by atoms with Crippen molar-refractivity contribution in [1.82, 2.24) is 4.98 Å². The highest BCUT2D eigenvalue weighted by atomic mass is 16.7. The van der Waals surface area contributed by atoms with Crippen LogP contribution in [0.5, 0.6) is 0 Å². The Morgan fingerprint density at radius 2 is 1.78 bits per heavy atom. The molecule has 3 rings (SSSR count). The van der Waals surface area contributed by atoms with E-state index in [-0.39, 0.29) is 6.42 Å². The molecule has 1 aromatic heterocycles. The number of hydrogen-bond donors (Lipinski definition) is 5. The molecule has 3 heterocycles. The standard InChI is InChI=1S/C15H21NO7/c17-8-4-5-9(10(18)7-3-1-2-6-16-7)22-14-11(19)12(20)15(21)23-13(8)14/h1-3,6,8-15,17-21H,4-5H2/t8-,9-,10+,11+,12-,13-,14+,15-/m1/s1. The molecule has 1 aromatic rings. The fraction of sp³-hybridized carbons (Fsp3) is 0.667. The highest BCUT2D eigenvalue weighted by Crippen LogP contribution is 2.34. The Labute approximate surface area is 132 Å². The lowest BCUT2D eigenvalue weighted by Gasteiger charge is -2.42. The van der Waals surface area contributed by atoms with Crippen LogP contribution in [0.1, 0.15) is 24.6 Å². The van der Waals surface area contributed by atoms with E-state index in [0.717, 1.165) is 0 Å². The van der Waals surface area contributed by atoms with Gasteiger partial charge in [0.2, 0.25) is 0 Å². The molecular weight excluding hydrogens is 306 g/mol. The van der Waals surface area contributed by atoms with Crippen LogP contribution in [-0.2, 0) is 9.47 Å². The van der Waals surface area contributed by atoms with Gasteiger partial charge < -0.3 is 35.0 Å². The van der Waals surface area contributed by atoms with Crippen molar-refractivity contribution in [3.8, 4) is 0 Å². The van der Waals surface area contributed by atoms with E-state index in [9.17, 15) is 25.5 Å². The quantitative estimate of drug-likeness (QED) is 0.442. The summed E-state index contributed by atoms with van der Waals surface area (Å²) in [6.45, 7) is 0. The molecule has 8 heteroatoms. The molecule has 23 heavy (non-hydrogen) atoms. The fourth-order valence-corrected chi connectivity index (χ4v) is 3.09. The number of fused-ring (bicyclic) bond motifs is 1. The summed E-state index contributed by atoms with van der Waals surface area (Å²) in [5, 5.41) is 50.1. The average Bonchev–Trinajstić information content (AvgIpc) is 2.73. The van der Waals surface area contributed by atoms with Crippen LogP contribution in [0.2, 0.25) is 0 Å². The van der Waals surface area contributed by atoms with Crippen molar-refractivity contribution in [1.29, 1.82) is 0 Å². The van der Waals surface area contributed by atoms with Crippen LogP contribution in [0.15, 0.2) is 24.4 Å².